The maximum Gasteiger partial charge on any atom is 0.116 e. The molecule has 0 unspecified atom stereocenters. The van der Waals surface area contributed by atoms with Crippen LogP contribution in [0.5, 0.6) is 0 Å². The first-order chi connectivity index (χ1) is 10.7. The zero-order valence-electron chi connectivity index (χ0n) is 12.1. The molecule has 0 aliphatic heterocycles. The molecule has 5 heteroatoms. The van der Waals surface area contributed by atoms with E-state index >= 15 is 0 Å². The molecule has 3 aromatic rings. The third kappa shape index (κ3) is 2.57. The second-order valence-electron chi connectivity index (χ2n) is 4.95. The molecule has 108 valence electrons. The highest BCUT2D eigenvalue weighted by atomic mass is 32.1. The van der Waals surface area contributed by atoms with Gasteiger partial charge in [-0.3, -0.25) is 0 Å². The SMILES string of the molecule is C/C(N)=C(/c1ccc(CC#N)cc1)c1ncnc2ccsc12. The standard InChI is InChI=1S/C17H14N4S/c1-11(19)15(13-4-2-12(3-5-13)6-8-18)16-17-14(7-9-22-17)20-10-21-16/h2-5,7,9-10H,6,19H2,1H3/b15-11+. The topological polar surface area (TPSA) is 75.6 Å². The van der Waals surface area contributed by atoms with E-state index in [9.17, 15) is 0 Å². The summed E-state index contributed by atoms with van der Waals surface area (Å²) in [7, 11) is 0. The van der Waals surface area contributed by atoms with Gasteiger partial charge in [-0.2, -0.15) is 5.26 Å². The summed E-state index contributed by atoms with van der Waals surface area (Å²) < 4.78 is 1.03. The number of nitriles is 1. The van der Waals surface area contributed by atoms with Crippen molar-refractivity contribution in [3.05, 3.63) is 64.6 Å². The van der Waals surface area contributed by atoms with Crippen LogP contribution in [-0.4, -0.2) is 9.97 Å². The van der Waals surface area contributed by atoms with Crippen molar-refractivity contribution >= 4 is 27.1 Å². The molecule has 2 aromatic heterocycles. The van der Waals surface area contributed by atoms with Crippen molar-refractivity contribution in [2.75, 3.05) is 0 Å². The molecule has 0 spiro atoms. The molecule has 0 atom stereocenters. The number of rotatable bonds is 3. The number of nitrogens with zero attached hydrogens (tertiary/aromatic N) is 3. The highest BCUT2D eigenvalue weighted by Crippen LogP contribution is 2.31. The van der Waals surface area contributed by atoms with Crippen LogP contribution >= 0.6 is 11.3 Å². The maximum absolute atomic E-state index is 8.76. The van der Waals surface area contributed by atoms with Crippen molar-refractivity contribution in [1.29, 1.82) is 5.26 Å². The van der Waals surface area contributed by atoms with Crippen molar-refractivity contribution in [3.8, 4) is 6.07 Å². The fourth-order valence-electron chi connectivity index (χ4n) is 2.40. The van der Waals surface area contributed by atoms with Crippen molar-refractivity contribution in [1.82, 2.24) is 9.97 Å². The van der Waals surface area contributed by atoms with Gasteiger partial charge in [-0.25, -0.2) is 9.97 Å². The fourth-order valence-corrected chi connectivity index (χ4v) is 3.24. The largest absolute Gasteiger partial charge is 0.402 e. The molecular weight excluding hydrogens is 292 g/mol. The fraction of sp³-hybridized carbons (Fsp3) is 0.118. The normalized spacial score (nSPS) is 12.0. The predicted octanol–water partition coefficient (Wildman–Crippen LogP) is 3.50. The summed E-state index contributed by atoms with van der Waals surface area (Å²) in [6.45, 7) is 1.88. The number of allylic oxidation sites excluding steroid dienone is 1. The number of thiophene rings is 1. The monoisotopic (exact) mass is 306 g/mol. The Hall–Kier alpha value is -2.71. The van der Waals surface area contributed by atoms with Crippen LogP contribution < -0.4 is 5.73 Å². The summed E-state index contributed by atoms with van der Waals surface area (Å²) in [5.74, 6) is 0. The lowest BCUT2D eigenvalue weighted by molar-refractivity contribution is 1.18. The molecule has 4 nitrogen and oxygen atoms in total. The molecule has 0 saturated heterocycles. The third-order valence-electron chi connectivity index (χ3n) is 3.40. The molecule has 0 saturated carbocycles. The molecule has 0 aliphatic rings. The van der Waals surface area contributed by atoms with Crippen LogP contribution in [0.15, 0.2) is 47.7 Å². The van der Waals surface area contributed by atoms with Crippen LogP contribution in [0.25, 0.3) is 15.8 Å². The van der Waals surface area contributed by atoms with E-state index in [1.165, 1.54) is 0 Å². The van der Waals surface area contributed by atoms with E-state index in [1.54, 1.807) is 17.7 Å². The van der Waals surface area contributed by atoms with Crippen LogP contribution in [0, 0.1) is 11.3 Å². The van der Waals surface area contributed by atoms with E-state index in [2.05, 4.69) is 16.0 Å². The van der Waals surface area contributed by atoms with Crippen LogP contribution in [0.4, 0.5) is 0 Å². The van der Waals surface area contributed by atoms with Crippen LogP contribution in [0.1, 0.15) is 23.7 Å². The molecule has 3 rings (SSSR count). The van der Waals surface area contributed by atoms with Gasteiger partial charge < -0.3 is 5.73 Å². The Balaban J connectivity index is 2.14. The zero-order valence-corrected chi connectivity index (χ0v) is 12.9. The lowest BCUT2D eigenvalue weighted by Crippen LogP contribution is -2.02. The minimum Gasteiger partial charge on any atom is -0.402 e. The lowest BCUT2D eigenvalue weighted by Gasteiger charge is -2.11. The average molecular weight is 306 g/mol. The number of nitrogens with two attached hydrogens (primary N) is 1. The van der Waals surface area contributed by atoms with Gasteiger partial charge in [0.15, 0.2) is 0 Å². The number of hydrogen-bond donors (Lipinski definition) is 1. The maximum atomic E-state index is 8.76. The molecule has 0 fully saturated rings. The smallest absolute Gasteiger partial charge is 0.116 e. The summed E-state index contributed by atoms with van der Waals surface area (Å²) in [4.78, 5) is 8.72. The van der Waals surface area contributed by atoms with Crippen molar-refractivity contribution < 1.29 is 0 Å². The van der Waals surface area contributed by atoms with Gasteiger partial charge in [-0.05, 0) is 29.5 Å². The first-order valence-electron chi connectivity index (χ1n) is 6.82. The van der Waals surface area contributed by atoms with Gasteiger partial charge in [-0.15, -0.1) is 11.3 Å². The van der Waals surface area contributed by atoms with E-state index < -0.39 is 0 Å². The number of fused-ring (bicyclic) bond motifs is 1. The molecule has 0 aliphatic carbocycles. The minimum atomic E-state index is 0.406. The van der Waals surface area contributed by atoms with E-state index in [0.29, 0.717) is 12.1 Å². The molecule has 2 N–H and O–H groups in total. The Morgan fingerprint density at radius 3 is 2.68 bits per heavy atom. The summed E-state index contributed by atoms with van der Waals surface area (Å²) in [5.41, 5.74) is 11.5. The van der Waals surface area contributed by atoms with Crippen molar-refractivity contribution in [2.45, 2.75) is 13.3 Å². The van der Waals surface area contributed by atoms with E-state index in [0.717, 1.165) is 32.6 Å². The first-order valence-corrected chi connectivity index (χ1v) is 7.70. The molecule has 0 amide bonds. The van der Waals surface area contributed by atoms with Gasteiger partial charge in [-0.1, -0.05) is 24.3 Å². The van der Waals surface area contributed by atoms with Crippen molar-refractivity contribution in [3.63, 3.8) is 0 Å². The second-order valence-corrected chi connectivity index (χ2v) is 5.86. The Morgan fingerprint density at radius 2 is 2.00 bits per heavy atom. The highest BCUT2D eigenvalue weighted by Gasteiger charge is 2.14. The zero-order chi connectivity index (χ0) is 15.5. The van der Waals surface area contributed by atoms with Crippen LogP contribution in [0.2, 0.25) is 0 Å². The van der Waals surface area contributed by atoms with Gasteiger partial charge >= 0.3 is 0 Å². The summed E-state index contributed by atoms with van der Waals surface area (Å²) in [6, 6.07) is 12.0. The van der Waals surface area contributed by atoms with Gasteiger partial charge in [0.25, 0.3) is 0 Å². The molecule has 0 bridgehead atoms. The third-order valence-corrected chi connectivity index (χ3v) is 4.31. The number of benzene rings is 1. The molecule has 1 aromatic carbocycles. The minimum absolute atomic E-state index is 0.406. The van der Waals surface area contributed by atoms with Crippen LogP contribution in [-0.2, 0) is 6.42 Å². The quantitative estimate of drug-likeness (QED) is 0.803. The molecule has 0 radical (unpaired) electrons. The Labute approximate surface area is 132 Å². The summed E-state index contributed by atoms with van der Waals surface area (Å²) in [5, 5.41) is 10.8. The summed E-state index contributed by atoms with van der Waals surface area (Å²) in [6.07, 6.45) is 1.97. The van der Waals surface area contributed by atoms with E-state index in [-0.39, 0.29) is 0 Å². The van der Waals surface area contributed by atoms with E-state index in [1.807, 2.05) is 42.6 Å². The van der Waals surface area contributed by atoms with Gasteiger partial charge in [0.05, 0.1) is 28.4 Å². The Morgan fingerprint density at radius 1 is 1.23 bits per heavy atom. The average Bonchev–Trinajstić information content (AvgIpc) is 2.98. The Bertz CT molecular complexity index is 881. The van der Waals surface area contributed by atoms with Gasteiger partial charge in [0.2, 0.25) is 0 Å². The van der Waals surface area contributed by atoms with E-state index in [4.69, 9.17) is 11.0 Å². The molecule has 22 heavy (non-hydrogen) atoms. The predicted molar refractivity (Wildman–Crippen MR) is 89.1 cm³/mol. The number of aromatic nitrogens is 2. The van der Waals surface area contributed by atoms with Gasteiger partial charge in [0.1, 0.15) is 6.33 Å². The molecular formula is C17H14N4S. The van der Waals surface area contributed by atoms with Crippen LogP contribution in [0.3, 0.4) is 0 Å². The highest BCUT2D eigenvalue weighted by molar-refractivity contribution is 7.17. The van der Waals surface area contributed by atoms with Gasteiger partial charge in [0, 0.05) is 11.3 Å². The summed E-state index contributed by atoms with van der Waals surface area (Å²) >= 11 is 1.61. The molecule has 2 heterocycles. The first kappa shape index (κ1) is 14.2. The number of hydrogen-bond acceptors (Lipinski definition) is 5. The second kappa shape index (κ2) is 5.96. The van der Waals surface area contributed by atoms with Crippen molar-refractivity contribution in [2.24, 2.45) is 5.73 Å². The Kier molecular flexibility index (Phi) is 3.86. The lowest BCUT2D eigenvalue weighted by atomic mass is 9.98.